The Morgan fingerprint density at radius 1 is 1.29 bits per heavy atom. The van der Waals surface area contributed by atoms with E-state index < -0.39 is 16.6 Å². The number of halogens is 3. The fourth-order valence-corrected chi connectivity index (χ4v) is 5.00. The van der Waals surface area contributed by atoms with Crippen molar-refractivity contribution >= 4 is 51.7 Å². The Hall–Kier alpha value is -0.860. The third kappa shape index (κ3) is 8.25. The van der Waals surface area contributed by atoms with E-state index in [0.29, 0.717) is 24.6 Å². The normalized spacial score (nSPS) is 15.8. The number of aliphatic imine (C=N–C) groups is 1. The van der Waals surface area contributed by atoms with Crippen LogP contribution in [-0.4, -0.2) is 69.2 Å². The summed E-state index contributed by atoms with van der Waals surface area (Å²) in [5, 5.41) is 5.90. The molecule has 0 atom stereocenters. The predicted octanol–water partition coefficient (Wildman–Crippen LogP) is 1.95. The Balaban J connectivity index is 0.00000392. The topological polar surface area (TPSA) is 83.0 Å². The predicted molar refractivity (Wildman–Crippen MR) is 119 cm³/mol. The van der Waals surface area contributed by atoms with E-state index in [1.54, 1.807) is 37.0 Å². The smallest absolute Gasteiger partial charge is 0.387 e. The molecule has 12 heteroatoms. The second kappa shape index (κ2) is 12.6. The molecule has 0 aliphatic carbocycles. The highest BCUT2D eigenvalue weighted by Crippen LogP contribution is 2.19. The van der Waals surface area contributed by atoms with Crippen LogP contribution >= 0.6 is 35.7 Å². The molecular weight excluding hydrogens is 525 g/mol. The number of hydrogen-bond acceptors (Lipinski definition) is 5. The molecule has 0 saturated carbocycles. The summed E-state index contributed by atoms with van der Waals surface area (Å²) >= 11 is 1.75. The number of hydrogen-bond donors (Lipinski definition) is 2. The number of sulfonamides is 1. The molecule has 0 bridgehead atoms. The zero-order chi connectivity index (χ0) is 19.7. The van der Waals surface area contributed by atoms with Crippen LogP contribution in [0.4, 0.5) is 8.78 Å². The molecule has 1 fully saturated rings. The first-order valence-electron chi connectivity index (χ1n) is 8.45. The average molecular weight is 550 g/mol. The van der Waals surface area contributed by atoms with Crippen molar-refractivity contribution in [3.63, 3.8) is 0 Å². The third-order valence-electron chi connectivity index (χ3n) is 3.87. The van der Waals surface area contributed by atoms with Crippen molar-refractivity contribution in [3.05, 3.63) is 29.8 Å². The molecule has 160 valence electrons. The summed E-state index contributed by atoms with van der Waals surface area (Å²) in [6.45, 7) is -1.41. The summed E-state index contributed by atoms with van der Waals surface area (Å²) in [6.07, 6.45) is 0. The minimum absolute atomic E-state index is 0. The van der Waals surface area contributed by atoms with E-state index in [1.807, 2.05) is 0 Å². The fraction of sp³-hybridized carbons (Fsp3) is 0.562. The van der Waals surface area contributed by atoms with Gasteiger partial charge < -0.3 is 15.4 Å². The van der Waals surface area contributed by atoms with E-state index in [1.165, 1.54) is 10.4 Å². The van der Waals surface area contributed by atoms with Gasteiger partial charge in [-0.3, -0.25) is 4.99 Å². The van der Waals surface area contributed by atoms with Gasteiger partial charge in [-0.2, -0.15) is 20.5 Å². The highest BCUT2D eigenvalue weighted by atomic mass is 127. The summed E-state index contributed by atoms with van der Waals surface area (Å²) in [6, 6.07) is 6.45. The molecule has 1 heterocycles. The number of ether oxygens (including phenoxy) is 1. The van der Waals surface area contributed by atoms with Gasteiger partial charge in [0.15, 0.2) is 5.96 Å². The molecule has 2 N–H and O–H groups in total. The summed E-state index contributed by atoms with van der Waals surface area (Å²) in [4.78, 5) is 4.02. The second-order valence-corrected chi connectivity index (χ2v) is 8.98. The Labute approximate surface area is 185 Å². The first-order valence-corrected chi connectivity index (χ1v) is 11.2. The average Bonchev–Trinajstić information content (AvgIpc) is 2.66. The SMILES string of the molecule is CN=C(NCCS(=O)(=O)N1CCSCC1)NCc1ccccc1OC(F)F.I. The fourth-order valence-electron chi connectivity index (χ4n) is 2.51. The number of nitrogens with one attached hydrogen (secondary N) is 2. The van der Waals surface area contributed by atoms with E-state index in [-0.39, 0.29) is 48.6 Å². The lowest BCUT2D eigenvalue weighted by Crippen LogP contribution is -2.44. The summed E-state index contributed by atoms with van der Waals surface area (Å²) < 4.78 is 55.5. The van der Waals surface area contributed by atoms with Gasteiger partial charge in [0, 0.05) is 50.3 Å². The lowest BCUT2D eigenvalue weighted by atomic mass is 10.2. The number of para-hydroxylation sites is 1. The highest BCUT2D eigenvalue weighted by molar-refractivity contribution is 14.0. The van der Waals surface area contributed by atoms with Crippen LogP contribution in [0.2, 0.25) is 0 Å². The quantitative estimate of drug-likeness (QED) is 0.293. The van der Waals surface area contributed by atoms with Gasteiger partial charge in [-0.25, -0.2) is 12.7 Å². The number of guanidine groups is 1. The van der Waals surface area contributed by atoms with E-state index in [0.717, 1.165) is 11.5 Å². The lowest BCUT2D eigenvalue weighted by Gasteiger charge is -2.25. The number of rotatable bonds is 8. The minimum atomic E-state index is -3.30. The van der Waals surface area contributed by atoms with E-state index in [4.69, 9.17) is 0 Å². The molecule has 7 nitrogen and oxygen atoms in total. The van der Waals surface area contributed by atoms with Gasteiger partial charge in [-0.15, -0.1) is 24.0 Å². The number of alkyl halides is 2. The zero-order valence-corrected chi connectivity index (χ0v) is 19.4. The van der Waals surface area contributed by atoms with Crippen molar-refractivity contribution in [2.24, 2.45) is 4.99 Å². The van der Waals surface area contributed by atoms with Crippen molar-refractivity contribution < 1.29 is 21.9 Å². The molecule has 1 saturated heterocycles. The van der Waals surface area contributed by atoms with Crippen LogP contribution in [0.25, 0.3) is 0 Å². The van der Waals surface area contributed by atoms with Crippen LogP contribution in [-0.2, 0) is 16.6 Å². The molecule has 1 aliphatic heterocycles. The van der Waals surface area contributed by atoms with Crippen LogP contribution in [0, 0.1) is 0 Å². The number of benzene rings is 1. The molecule has 1 aromatic carbocycles. The largest absolute Gasteiger partial charge is 0.434 e. The van der Waals surface area contributed by atoms with E-state index in [2.05, 4.69) is 20.4 Å². The Bertz CT molecular complexity index is 732. The number of thioether (sulfide) groups is 1. The molecule has 0 radical (unpaired) electrons. The minimum Gasteiger partial charge on any atom is -0.434 e. The summed E-state index contributed by atoms with van der Waals surface area (Å²) in [5.41, 5.74) is 0.541. The second-order valence-electron chi connectivity index (χ2n) is 5.67. The first-order chi connectivity index (χ1) is 12.9. The molecule has 0 amide bonds. The molecule has 0 spiro atoms. The highest BCUT2D eigenvalue weighted by Gasteiger charge is 2.23. The van der Waals surface area contributed by atoms with Gasteiger partial charge in [0.1, 0.15) is 5.75 Å². The monoisotopic (exact) mass is 550 g/mol. The molecule has 0 aromatic heterocycles. The summed E-state index contributed by atoms with van der Waals surface area (Å²) in [5.74, 6) is 2.06. The van der Waals surface area contributed by atoms with Gasteiger partial charge in [-0.1, -0.05) is 18.2 Å². The van der Waals surface area contributed by atoms with Gasteiger partial charge in [0.2, 0.25) is 10.0 Å². The van der Waals surface area contributed by atoms with Gasteiger partial charge in [-0.05, 0) is 6.07 Å². The van der Waals surface area contributed by atoms with E-state index in [9.17, 15) is 17.2 Å². The van der Waals surface area contributed by atoms with Crippen LogP contribution in [0.5, 0.6) is 5.75 Å². The maximum absolute atomic E-state index is 12.5. The van der Waals surface area contributed by atoms with Gasteiger partial charge in [0.25, 0.3) is 0 Å². The molecular formula is C16H25F2IN4O3S2. The molecule has 1 aromatic rings. The van der Waals surface area contributed by atoms with Crippen LogP contribution < -0.4 is 15.4 Å². The van der Waals surface area contributed by atoms with Crippen molar-refractivity contribution in [1.29, 1.82) is 0 Å². The van der Waals surface area contributed by atoms with Crippen molar-refractivity contribution in [3.8, 4) is 5.75 Å². The van der Waals surface area contributed by atoms with Crippen LogP contribution in [0.15, 0.2) is 29.3 Å². The van der Waals surface area contributed by atoms with E-state index >= 15 is 0 Å². The molecule has 28 heavy (non-hydrogen) atoms. The van der Waals surface area contributed by atoms with Crippen LogP contribution in [0.3, 0.4) is 0 Å². The Morgan fingerprint density at radius 3 is 2.61 bits per heavy atom. The van der Waals surface area contributed by atoms with Gasteiger partial charge >= 0.3 is 6.61 Å². The third-order valence-corrected chi connectivity index (χ3v) is 6.69. The van der Waals surface area contributed by atoms with Crippen molar-refractivity contribution in [2.45, 2.75) is 13.2 Å². The summed E-state index contributed by atoms with van der Waals surface area (Å²) in [7, 11) is -1.75. The maximum Gasteiger partial charge on any atom is 0.387 e. The van der Waals surface area contributed by atoms with Crippen molar-refractivity contribution in [2.75, 3.05) is 43.9 Å². The maximum atomic E-state index is 12.5. The molecule has 0 unspecified atom stereocenters. The molecule has 2 rings (SSSR count). The van der Waals surface area contributed by atoms with Gasteiger partial charge in [0.05, 0.1) is 5.75 Å². The Kier molecular flexibility index (Phi) is 11.4. The number of nitrogens with zero attached hydrogens (tertiary/aromatic N) is 2. The lowest BCUT2D eigenvalue weighted by molar-refractivity contribution is -0.0504. The van der Waals surface area contributed by atoms with Crippen LogP contribution in [0.1, 0.15) is 5.56 Å². The Morgan fingerprint density at radius 2 is 1.96 bits per heavy atom. The molecule has 1 aliphatic rings. The van der Waals surface area contributed by atoms with Crippen molar-refractivity contribution in [1.82, 2.24) is 14.9 Å². The first kappa shape index (κ1) is 25.2. The standard InChI is InChI=1S/C16H24F2N4O3S2.HI/c1-19-16(20-6-11-27(23,24)22-7-9-26-10-8-22)21-12-13-4-2-3-5-14(13)25-15(17)18;/h2-5,15H,6-12H2,1H3,(H2,19,20,21);1H. The zero-order valence-electron chi connectivity index (χ0n) is 15.4.